The van der Waals surface area contributed by atoms with Crippen LogP contribution in [0.2, 0.25) is 0 Å². The van der Waals surface area contributed by atoms with E-state index in [0.717, 1.165) is 65.1 Å². The van der Waals surface area contributed by atoms with Crippen molar-refractivity contribution >= 4 is 0 Å². The van der Waals surface area contributed by atoms with E-state index in [1.165, 1.54) is 57.8 Å². The molecule has 0 aromatic carbocycles. The summed E-state index contributed by atoms with van der Waals surface area (Å²) in [5, 5.41) is 0. The fourth-order valence-electron chi connectivity index (χ4n) is 9.01. The first-order chi connectivity index (χ1) is 17.5. The molecule has 0 saturated heterocycles. The van der Waals surface area contributed by atoms with Gasteiger partial charge in [-0.05, 0) is 123 Å². The summed E-state index contributed by atoms with van der Waals surface area (Å²) >= 11 is 0. The van der Waals surface area contributed by atoms with Gasteiger partial charge in [-0.15, -0.1) is 0 Å². The van der Waals surface area contributed by atoms with Crippen molar-refractivity contribution in [3.05, 3.63) is 46.6 Å². The summed E-state index contributed by atoms with van der Waals surface area (Å²) in [5.41, 5.74) is 6.94. The molecule has 208 valence electrons. The average Bonchev–Trinajstić information content (AvgIpc) is 2.83. The summed E-state index contributed by atoms with van der Waals surface area (Å²) in [7, 11) is 0. The van der Waals surface area contributed by atoms with Gasteiger partial charge >= 0.3 is 0 Å². The molecule has 4 rings (SSSR count). The van der Waals surface area contributed by atoms with Crippen LogP contribution < -0.4 is 0 Å². The molecule has 0 bridgehead atoms. The van der Waals surface area contributed by atoms with E-state index in [4.69, 9.17) is 0 Å². The maximum atomic E-state index is 2.69. The van der Waals surface area contributed by atoms with Crippen molar-refractivity contribution in [1.82, 2.24) is 0 Å². The summed E-state index contributed by atoms with van der Waals surface area (Å²) in [4.78, 5) is 0. The van der Waals surface area contributed by atoms with Gasteiger partial charge in [-0.1, -0.05) is 108 Å². The quantitative estimate of drug-likeness (QED) is 0.302. The third-order valence-corrected chi connectivity index (χ3v) is 11.7. The maximum absolute atomic E-state index is 2.69. The lowest BCUT2D eigenvalue weighted by Gasteiger charge is -2.40. The zero-order chi connectivity index (χ0) is 26.9. The van der Waals surface area contributed by atoms with Crippen LogP contribution in [0.4, 0.5) is 0 Å². The molecule has 0 nitrogen and oxygen atoms in total. The number of hydrogen-bond donors (Lipinski definition) is 0. The normalized spacial score (nSPS) is 43.0. The van der Waals surface area contributed by atoms with E-state index in [-0.39, 0.29) is 0 Å². The SMILES string of the molecule is CCC1CC(C)C(CC2CC(C)C=C(CC3=CC(C)CC(CC4CCC(C)=CC4C)C3C)C2C)=CC1C. The molecular formula is C37H60. The van der Waals surface area contributed by atoms with Crippen molar-refractivity contribution in [2.24, 2.45) is 65.1 Å². The van der Waals surface area contributed by atoms with Gasteiger partial charge in [-0.3, -0.25) is 0 Å². The highest BCUT2D eigenvalue weighted by Crippen LogP contribution is 2.47. The lowest BCUT2D eigenvalue weighted by atomic mass is 9.65. The Bertz CT molecular complexity index is 895. The van der Waals surface area contributed by atoms with E-state index in [9.17, 15) is 0 Å². The van der Waals surface area contributed by atoms with Gasteiger partial charge < -0.3 is 0 Å². The molecule has 11 atom stereocenters. The van der Waals surface area contributed by atoms with Crippen LogP contribution in [-0.4, -0.2) is 0 Å². The molecule has 0 aromatic heterocycles. The van der Waals surface area contributed by atoms with Crippen LogP contribution >= 0.6 is 0 Å². The molecular weight excluding hydrogens is 444 g/mol. The molecule has 4 aliphatic carbocycles. The van der Waals surface area contributed by atoms with E-state index < -0.39 is 0 Å². The van der Waals surface area contributed by atoms with Crippen LogP contribution in [0, 0.1) is 65.1 Å². The third kappa shape index (κ3) is 6.94. The highest BCUT2D eigenvalue weighted by molar-refractivity contribution is 5.26. The molecule has 11 unspecified atom stereocenters. The van der Waals surface area contributed by atoms with Crippen molar-refractivity contribution in [3.8, 4) is 0 Å². The van der Waals surface area contributed by atoms with Gasteiger partial charge in [-0.2, -0.15) is 0 Å². The van der Waals surface area contributed by atoms with Crippen LogP contribution in [0.15, 0.2) is 46.6 Å². The maximum Gasteiger partial charge on any atom is -0.0103 e. The first kappa shape index (κ1) is 29.0. The standard InChI is InChI=1S/C37H60/c1-10-31-18-28(7)33(19-27(31)6)21-35-15-25(4)17-37(30(35)9)22-36-16-24(3)14-34(29(36)8)20-32-12-11-23(2)13-26(32)5/h13,16-17,19,24-32,34-35H,10-12,14-15,18,20-22H2,1-9H3. The van der Waals surface area contributed by atoms with E-state index in [2.05, 4.69) is 86.6 Å². The second kappa shape index (κ2) is 12.4. The predicted molar refractivity (Wildman–Crippen MR) is 163 cm³/mol. The topological polar surface area (TPSA) is 0 Å². The van der Waals surface area contributed by atoms with Crippen LogP contribution in [0.25, 0.3) is 0 Å². The lowest BCUT2D eigenvalue weighted by molar-refractivity contribution is 0.215. The minimum Gasteiger partial charge on any atom is -0.0825 e. The number of hydrogen-bond acceptors (Lipinski definition) is 0. The minimum absolute atomic E-state index is 0.721. The smallest absolute Gasteiger partial charge is 0.0103 e. The highest BCUT2D eigenvalue weighted by Gasteiger charge is 2.35. The van der Waals surface area contributed by atoms with Crippen molar-refractivity contribution in [1.29, 1.82) is 0 Å². The van der Waals surface area contributed by atoms with Gasteiger partial charge in [0.05, 0.1) is 0 Å². The first-order valence-corrected chi connectivity index (χ1v) is 16.3. The van der Waals surface area contributed by atoms with Crippen molar-refractivity contribution in [2.75, 3.05) is 0 Å². The summed E-state index contributed by atoms with van der Waals surface area (Å²) in [6, 6.07) is 0. The Morgan fingerprint density at radius 1 is 0.649 bits per heavy atom. The predicted octanol–water partition coefficient (Wildman–Crippen LogP) is 11.2. The Morgan fingerprint density at radius 3 is 1.86 bits per heavy atom. The summed E-state index contributed by atoms with van der Waals surface area (Å²) in [6.07, 6.45) is 22.9. The molecule has 0 radical (unpaired) electrons. The van der Waals surface area contributed by atoms with E-state index in [0.29, 0.717) is 0 Å². The minimum atomic E-state index is 0.721. The van der Waals surface area contributed by atoms with Gasteiger partial charge in [0.1, 0.15) is 0 Å². The van der Waals surface area contributed by atoms with Gasteiger partial charge in [0.15, 0.2) is 0 Å². The summed E-state index contributed by atoms with van der Waals surface area (Å²) in [5.74, 6) is 8.70. The Morgan fingerprint density at radius 2 is 1.24 bits per heavy atom. The van der Waals surface area contributed by atoms with Gasteiger partial charge in [0.25, 0.3) is 0 Å². The second-order valence-corrected chi connectivity index (χ2v) is 14.7. The zero-order valence-corrected chi connectivity index (χ0v) is 26.0. The van der Waals surface area contributed by atoms with Gasteiger partial charge in [0.2, 0.25) is 0 Å². The zero-order valence-electron chi connectivity index (χ0n) is 26.0. The van der Waals surface area contributed by atoms with Gasteiger partial charge in [0, 0.05) is 0 Å². The molecule has 0 heteroatoms. The van der Waals surface area contributed by atoms with Crippen molar-refractivity contribution in [2.45, 2.75) is 120 Å². The number of rotatable bonds is 7. The van der Waals surface area contributed by atoms with E-state index in [1.54, 1.807) is 22.3 Å². The van der Waals surface area contributed by atoms with Crippen LogP contribution in [0.5, 0.6) is 0 Å². The molecule has 0 heterocycles. The molecule has 4 aliphatic rings. The van der Waals surface area contributed by atoms with Crippen molar-refractivity contribution < 1.29 is 0 Å². The first-order valence-electron chi connectivity index (χ1n) is 16.3. The fourth-order valence-corrected chi connectivity index (χ4v) is 9.01. The molecule has 37 heavy (non-hydrogen) atoms. The Balaban J connectivity index is 1.43. The molecule has 0 saturated carbocycles. The van der Waals surface area contributed by atoms with Crippen LogP contribution in [0.3, 0.4) is 0 Å². The third-order valence-electron chi connectivity index (χ3n) is 11.7. The summed E-state index contributed by atoms with van der Waals surface area (Å²) in [6.45, 7) is 22.3. The lowest BCUT2D eigenvalue weighted by Crippen LogP contribution is -2.29. The monoisotopic (exact) mass is 504 g/mol. The Hall–Kier alpha value is -1.04. The fraction of sp³-hybridized carbons (Fsp3) is 0.784. The van der Waals surface area contributed by atoms with E-state index in [1.807, 2.05) is 0 Å². The van der Waals surface area contributed by atoms with Crippen LogP contribution in [0.1, 0.15) is 120 Å². The number of allylic oxidation sites excluding steroid dienone is 8. The molecule has 0 spiro atoms. The Kier molecular flexibility index (Phi) is 9.73. The summed E-state index contributed by atoms with van der Waals surface area (Å²) < 4.78 is 0. The largest absolute Gasteiger partial charge is 0.0825 e. The molecule has 0 amide bonds. The second-order valence-electron chi connectivity index (χ2n) is 14.7. The van der Waals surface area contributed by atoms with Crippen molar-refractivity contribution in [3.63, 3.8) is 0 Å². The van der Waals surface area contributed by atoms with Crippen LogP contribution in [-0.2, 0) is 0 Å². The molecule has 0 fully saturated rings. The molecule has 0 N–H and O–H groups in total. The Labute approximate surface area is 231 Å². The molecule has 0 aliphatic heterocycles. The van der Waals surface area contributed by atoms with Gasteiger partial charge in [-0.25, -0.2) is 0 Å². The average molecular weight is 505 g/mol. The van der Waals surface area contributed by atoms with E-state index >= 15 is 0 Å². The molecule has 0 aromatic rings. The highest BCUT2D eigenvalue weighted by atomic mass is 14.4.